The van der Waals surface area contributed by atoms with Crippen LogP contribution in [0.1, 0.15) is 56.8 Å². The van der Waals surface area contributed by atoms with E-state index >= 15 is 0 Å². The molecule has 1 aromatic carbocycles. The molecule has 3 aliphatic rings. The van der Waals surface area contributed by atoms with E-state index in [1.807, 2.05) is 49.4 Å². The molecule has 4 aromatic rings. The maximum absolute atomic E-state index is 14.0. The molecule has 3 aromatic heterocycles. The fraction of sp³-hybridized carbons (Fsp3) is 0.531. The molecule has 7 rings (SSSR count). The molecule has 0 radical (unpaired) electrons. The Morgan fingerprint density at radius 1 is 0.977 bits per heavy atom. The van der Waals surface area contributed by atoms with Gasteiger partial charge in [0.05, 0.1) is 15.6 Å². The quantitative estimate of drug-likeness (QED) is 0.352. The summed E-state index contributed by atoms with van der Waals surface area (Å²) in [5.41, 5.74) is 0.661. The summed E-state index contributed by atoms with van der Waals surface area (Å²) in [4.78, 5) is 54.9. The Labute approximate surface area is 259 Å². The maximum Gasteiger partial charge on any atom is 0.407 e. The smallest absolute Gasteiger partial charge is 0.407 e. The molecule has 11 nitrogen and oxygen atoms in total. The van der Waals surface area contributed by atoms with Crippen molar-refractivity contribution in [3.63, 3.8) is 0 Å². The average molecular weight is 618 g/mol. The molecule has 2 unspecified atom stereocenters. The highest BCUT2D eigenvalue weighted by Gasteiger charge is 2.40. The fourth-order valence-corrected chi connectivity index (χ4v) is 8.33. The van der Waals surface area contributed by atoms with E-state index < -0.39 is 11.7 Å². The predicted octanol–water partition coefficient (Wildman–Crippen LogP) is 4.02. The van der Waals surface area contributed by atoms with Crippen LogP contribution in [0.3, 0.4) is 0 Å². The Hall–Kier alpha value is -3.77. The van der Waals surface area contributed by atoms with Crippen molar-refractivity contribution in [2.24, 2.45) is 11.8 Å². The molecule has 44 heavy (non-hydrogen) atoms. The molecule has 12 heteroatoms. The van der Waals surface area contributed by atoms with Crippen LogP contribution >= 0.6 is 11.3 Å². The zero-order chi connectivity index (χ0) is 30.7. The highest BCUT2D eigenvalue weighted by molar-refractivity contribution is 7.24. The number of anilines is 1. The third kappa shape index (κ3) is 5.38. The molecule has 2 atom stereocenters. The van der Waals surface area contributed by atoms with Crippen molar-refractivity contribution in [3.8, 4) is 0 Å². The number of hydrogen-bond acceptors (Lipinski definition) is 9. The summed E-state index contributed by atoms with van der Waals surface area (Å²) >= 11 is 1.43. The summed E-state index contributed by atoms with van der Waals surface area (Å²) in [5.74, 6) is 1.44. The van der Waals surface area contributed by atoms with Crippen LogP contribution in [-0.2, 0) is 4.74 Å². The molecule has 0 spiro atoms. The summed E-state index contributed by atoms with van der Waals surface area (Å²) < 4.78 is 8.33. The molecule has 1 aliphatic carbocycles. The minimum Gasteiger partial charge on any atom is -0.444 e. The Balaban J connectivity index is 1.17. The van der Waals surface area contributed by atoms with Crippen LogP contribution < -0.4 is 21.0 Å². The summed E-state index contributed by atoms with van der Waals surface area (Å²) in [7, 11) is 2.17. The minimum absolute atomic E-state index is 0.0129. The Morgan fingerprint density at radius 2 is 1.64 bits per heavy atom. The molecule has 232 valence electrons. The minimum atomic E-state index is -0.557. The van der Waals surface area contributed by atoms with Crippen molar-refractivity contribution in [2.75, 3.05) is 38.1 Å². The first-order valence-electron chi connectivity index (χ1n) is 15.5. The van der Waals surface area contributed by atoms with Gasteiger partial charge in [-0.2, -0.15) is 4.98 Å². The van der Waals surface area contributed by atoms with Crippen molar-refractivity contribution in [2.45, 2.75) is 64.1 Å². The molecule has 2 aliphatic heterocycles. The van der Waals surface area contributed by atoms with E-state index in [4.69, 9.17) is 9.72 Å². The van der Waals surface area contributed by atoms with Crippen molar-refractivity contribution in [3.05, 3.63) is 46.2 Å². The number of amides is 2. The first-order chi connectivity index (χ1) is 21.0. The summed E-state index contributed by atoms with van der Waals surface area (Å²) in [6, 6.07) is 7.81. The number of pyridine rings is 1. The highest BCUT2D eigenvalue weighted by Crippen LogP contribution is 2.34. The van der Waals surface area contributed by atoms with Gasteiger partial charge in [-0.05, 0) is 77.5 Å². The third-order valence-corrected chi connectivity index (χ3v) is 10.3. The standard InChI is InChI=1S/C32H39N7O4S/c1-32(2,3)43-31(42)35-21-11-9-20(10-12-21)34-28(41)25-26(40)22-13-33-30(38-16-18-14-37(4)15-19(18)17-38)36-27(22)39-23-7-5-6-8-24(23)44-29(25)39/h5-8,13,18-21H,9-12,14-17H2,1-4H3,(H,34,41)(H,35,42). The number of nitrogens with zero attached hydrogens (tertiary/aromatic N) is 5. The molecule has 0 bridgehead atoms. The van der Waals surface area contributed by atoms with Gasteiger partial charge in [0.1, 0.15) is 16.0 Å². The van der Waals surface area contributed by atoms with Gasteiger partial charge >= 0.3 is 6.09 Å². The second-order valence-electron chi connectivity index (χ2n) is 13.6. The second kappa shape index (κ2) is 11.0. The molecule has 2 saturated heterocycles. The van der Waals surface area contributed by atoms with E-state index in [0.717, 1.165) is 36.4 Å². The topological polar surface area (TPSA) is 121 Å². The van der Waals surface area contributed by atoms with Crippen LogP contribution in [0.15, 0.2) is 35.3 Å². The maximum atomic E-state index is 14.0. The van der Waals surface area contributed by atoms with Gasteiger partial charge < -0.3 is 25.2 Å². The number of alkyl carbamates (subject to hydrolysis) is 1. The highest BCUT2D eigenvalue weighted by atomic mass is 32.1. The summed E-state index contributed by atoms with van der Waals surface area (Å²) in [5, 5.41) is 6.41. The number of carbonyl (C=O) groups is 2. The Kier molecular flexibility index (Phi) is 7.24. The van der Waals surface area contributed by atoms with Crippen LogP contribution in [0, 0.1) is 11.8 Å². The number of nitrogens with one attached hydrogen (secondary N) is 2. The number of ether oxygens (including phenoxy) is 1. The van der Waals surface area contributed by atoms with Gasteiger partial charge in [0.25, 0.3) is 5.91 Å². The van der Waals surface area contributed by atoms with Gasteiger partial charge in [-0.1, -0.05) is 12.1 Å². The van der Waals surface area contributed by atoms with E-state index in [0.29, 0.717) is 59.3 Å². The molecular formula is C32H39N7O4S. The fourth-order valence-electron chi connectivity index (χ4n) is 7.14. The number of para-hydroxylation sites is 1. The van der Waals surface area contributed by atoms with Gasteiger partial charge in [0.2, 0.25) is 11.4 Å². The Morgan fingerprint density at radius 3 is 2.32 bits per heavy atom. The van der Waals surface area contributed by atoms with E-state index in [9.17, 15) is 14.4 Å². The van der Waals surface area contributed by atoms with Crippen LogP contribution in [0.5, 0.6) is 0 Å². The number of aromatic nitrogens is 3. The molecular weight excluding hydrogens is 578 g/mol. The van der Waals surface area contributed by atoms with Crippen LogP contribution in [0.25, 0.3) is 26.1 Å². The number of benzene rings is 1. The van der Waals surface area contributed by atoms with E-state index in [1.54, 1.807) is 6.20 Å². The molecule has 2 N–H and O–H groups in total. The lowest BCUT2D eigenvalue weighted by Crippen LogP contribution is -2.45. The molecule has 1 saturated carbocycles. The van der Waals surface area contributed by atoms with Crippen LogP contribution in [0.2, 0.25) is 0 Å². The second-order valence-corrected chi connectivity index (χ2v) is 14.7. The van der Waals surface area contributed by atoms with Crippen molar-refractivity contribution in [1.29, 1.82) is 0 Å². The lowest BCUT2D eigenvalue weighted by atomic mass is 9.91. The van der Waals surface area contributed by atoms with E-state index in [1.165, 1.54) is 11.3 Å². The average Bonchev–Trinajstić information content (AvgIpc) is 3.64. The zero-order valence-electron chi connectivity index (χ0n) is 25.6. The Bertz CT molecular complexity index is 1810. The largest absolute Gasteiger partial charge is 0.444 e. The van der Waals surface area contributed by atoms with Crippen molar-refractivity contribution in [1.82, 2.24) is 29.9 Å². The first kappa shape index (κ1) is 29.0. The molecule has 3 fully saturated rings. The number of hydrogen-bond donors (Lipinski definition) is 2. The van der Waals surface area contributed by atoms with Crippen LogP contribution in [0.4, 0.5) is 10.7 Å². The summed E-state index contributed by atoms with van der Waals surface area (Å²) in [6.07, 6.45) is 3.98. The first-order valence-corrected chi connectivity index (χ1v) is 16.3. The SMILES string of the molecule is CN1CC2CN(c3ncc4c(=O)c(C(=O)NC5CCC(NC(=O)OC(C)(C)C)CC5)c5sc6ccccc6n5c4n3)CC2C1. The van der Waals surface area contributed by atoms with Gasteiger partial charge in [0.15, 0.2) is 5.65 Å². The van der Waals surface area contributed by atoms with Gasteiger partial charge in [0, 0.05) is 44.5 Å². The van der Waals surface area contributed by atoms with Gasteiger partial charge in [-0.3, -0.25) is 14.0 Å². The molecule has 5 heterocycles. The number of carbonyl (C=O) groups excluding carboxylic acids is 2. The van der Waals surface area contributed by atoms with Crippen molar-refractivity contribution >= 4 is 55.4 Å². The zero-order valence-corrected chi connectivity index (χ0v) is 26.4. The lowest BCUT2D eigenvalue weighted by Gasteiger charge is -2.30. The normalized spacial score (nSPS) is 24.2. The third-order valence-electron chi connectivity index (χ3n) is 9.13. The number of likely N-dealkylation sites (tertiary alicyclic amines) is 1. The lowest BCUT2D eigenvalue weighted by molar-refractivity contribution is 0.0488. The van der Waals surface area contributed by atoms with E-state index in [2.05, 4.69) is 32.5 Å². The van der Waals surface area contributed by atoms with Crippen LogP contribution in [-0.4, -0.2) is 82.2 Å². The van der Waals surface area contributed by atoms with Gasteiger partial charge in [-0.25, -0.2) is 9.78 Å². The number of thiazole rings is 1. The number of fused-ring (bicyclic) bond motifs is 6. The monoisotopic (exact) mass is 617 g/mol. The predicted molar refractivity (Wildman–Crippen MR) is 172 cm³/mol. The summed E-state index contributed by atoms with van der Waals surface area (Å²) in [6.45, 7) is 9.47. The number of rotatable bonds is 4. The van der Waals surface area contributed by atoms with E-state index in [-0.39, 0.29) is 29.0 Å². The van der Waals surface area contributed by atoms with Gasteiger partial charge in [-0.15, -0.1) is 11.3 Å². The molecule has 2 amide bonds. The van der Waals surface area contributed by atoms with Crippen molar-refractivity contribution < 1.29 is 14.3 Å².